The van der Waals surface area contributed by atoms with Gasteiger partial charge in [0, 0.05) is 61.0 Å². The number of hydrogen-bond acceptors (Lipinski definition) is 6. The van der Waals surface area contributed by atoms with Crippen molar-refractivity contribution in [2.24, 2.45) is 0 Å². The third kappa shape index (κ3) is 5.02. The maximum Gasteiger partial charge on any atom is 0.228 e. The van der Waals surface area contributed by atoms with Gasteiger partial charge in [-0.25, -0.2) is 4.68 Å². The third-order valence-corrected chi connectivity index (χ3v) is 6.95. The van der Waals surface area contributed by atoms with Crippen LogP contribution < -0.4 is 14.4 Å². The number of aromatic nitrogens is 2. The van der Waals surface area contributed by atoms with E-state index in [4.69, 9.17) is 14.6 Å². The topological polar surface area (TPSA) is 59.8 Å². The van der Waals surface area contributed by atoms with Crippen LogP contribution in [0, 0.1) is 0 Å². The molecule has 1 amide bonds. The SMILES string of the molecule is COc1cc(OC)cc(N2CCN(C(=O)Cc3cc(-c4ccsc4)nn3-c3ccccc3)CC2)c1. The van der Waals surface area contributed by atoms with Gasteiger partial charge in [0.15, 0.2) is 0 Å². The molecule has 1 aliphatic heterocycles. The largest absolute Gasteiger partial charge is 0.497 e. The molecule has 5 rings (SSSR count). The van der Waals surface area contributed by atoms with Crippen molar-refractivity contribution in [1.29, 1.82) is 0 Å². The molecule has 180 valence electrons. The minimum atomic E-state index is 0.113. The third-order valence-electron chi connectivity index (χ3n) is 6.27. The molecule has 0 saturated carbocycles. The fraction of sp³-hybridized carbons (Fsp3) is 0.259. The quantitative estimate of drug-likeness (QED) is 0.383. The average Bonchev–Trinajstić information content (AvgIpc) is 3.59. The van der Waals surface area contributed by atoms with E-state index in [0.29, 0.717) is 19.5 Å². The molecule has 35 heavy (non-hydrogen) atoms. The van der Waals surface area contributed by atoms with Crippen molar-refractivity contribution in [3.8, 4) is 28.4 Å². The van der Waals surface area contributed by atoms with Gasteiger partial charge >= 0.3 is 0 Å². The summed E-state index contributed by atoms with van der Waals surface area (Å²) >= 11 is 1.64. The average molecular weight is 489 g/mol. The maximum atomic E-state index is 13.3. The molecule has 0 N–H and O–H groups in total. The monoisotopic (exact) mass is 488 g/mol. The van der Waals surface area contributed by atoms with Gasteiger partial charge in [-0.1, -0.05) is 18.2 Å². The highest BCUT2D eigenvalue weighted by molar-refractivity contribution is 7.08. The Hall–Kier alpha value is -3.78. The van der Waals surface area contributed by atoms with E-state index in [2.05, 4.69) is 16.3 Å². The number of hydrogen-bond donors (Lipinski definition) is 0. The van der Waals surface area contributed by atoms with Crippen molar-refractivity contribution in [1.82, 2.24) is 14.7 Å². The number of carbonyl (C=O) groups is 1. The second-order valence-corrected chi connectivity index (χ2v) is 9.18. The van der Waals surface area contributed by atoms with E-state index in [1.807, 2.05) is 69.6 Å². The number of piperazine rings is 1. The summed E-state index contributed by atoms with van der Waals surface area (Å²) in [5.74, 6) is 1.63. The molecule has 1 aliphatic rings. The molecule has 2 aromatic heterocycles. The second-order valence-electron chi connectivity index (χ2n) is 8.40. The molecule has 2 aromatic carbocycles. The Labute approximate surface area is 209 Å². The normalized spacial score (nSPS) is 13.7. The van der Waals surface area contributed by atoms with Crippen LogP contribution in [-0.2, 0) is 11.2 Å². The van der Waals surface area contributed by atoms with Crippen molar-refractivity contribution < 1.29 is 14.3 Å². The standard InChI is InChI=1S/C27H28N4O3S/c1-33-24-14-22(15-25(18-24)34-2)29-9-11-30(12-10-29)27(32)17-23-16-26(20-8-13-35-19-20)28-31(23)21-6-4-3-5-7-21/h3-8,13-16,18-19H,9-12,17H2,1-2H3. The fourth-order valence-electron chi connectivity index (χ4n) is 4.35. The van der Waals surface area contributed by atoms with Gasteiger partial charge in [-0.05, 0) is 29.6 Å². The number of carbonyl (C=O) groups excluding carboxylic acids is 1. The number of thiophene rings is 1. The first kappa shape index (κ1) is 23.0. The second kappa shape index (κ2) is 10.2. The molecule has 0 spiro atoms. The number of anilines is 1. The molecule has 1 saturated heterocycles. The van der Waals surface area contributed by atoms with Crippen molar-refractivity contribution in [3.05, 3.63) is 77.1 Å². The number of ether oxygens (including phenoxy) is 2. The fourth-order valence-corrected chi connectivity index (χ4v) is 5.00. The summed E-state index contributed by atoms with van der Waals surface area (Å²) in [4.78, 5) is 17.5. The maximum absolute atomic E-state index is 13.3. The summed E-state index contributed by atoms with van der Waals surface area (Å²) in [5, 5.41) is 8.95. The number of benzene rings is 2. The number of amides is 1. The lowest BCUT2D eigenvalue weighted by Gasteiger charge is -2.36. The molecule has 1 fully saturated rings. The van der Waals surface area contributed by atoms with E-state index in [0.717, 1.165) is 52.9 Å². The highest BCUT2D eigenvalue weighted by Crippen LogP contribution is 2.29. The summed E-state index contributed by atoms with van der Waals surface area (Å²) < 4.78 is 12.7. The van der Waals surface area contributed by atoms with E-state index in [1.165, 1.54) is 0 Å². The molecule has 0 unspecified atom stereocenters. The predicted molar refractivity (Wildman–Crippen MR) is 139 cm³/mol. The summed E-state index contributed by atoms with van der Waals surface area (Å²) in [6.45, 7) is 2.82. The van der Waals surface area contributed by atoms with Crippen molar-refractivity contribution in [2.75, 3.05) is 45.3 Å². The minimum Gasteiger partial charge on any atom is -0.497 e. The van der Waals surface area contributed by atoms with Crippen LogP contribution in [0.2, 0.25) is 0 Å². The predicted octanol–water partition coefficient (Wildman–Crippen LogP) is 4.51. The molecule has 7 nitrogen and oxygen atoms in total. The molecular weight excluding hydrogens is 460 g/mol. The van der Waals surface area contributed by atoms with Gasteiger partial charge in [0.1, 0.15) is 11.5 Å². The van der Waals surface area contributed by atoms with Gasteiger partial charge in [0.05, 0.1) is 37.7 Å². The number of methoxy groups -OCH3 is 2. The molecule has 0 bridgehead atoms. The van der Waals surface area contributed by atoms with E-state index >= 15 is 0 Å². The zero-order valence-corrected chi connectivity index (χ0v) is 20.7. The first-order valence-corrected chi connectivity index (χ1v) is 12.5. The van der Waals surface area contributed by atoms with Gasteiger partial charge in [-0.3, -0.25) is 4.79 Å². The summed E-state index contributed by atoms with van der Waals surface area (Å²) in [7, 11) is 3.30. The van der Waals surface area contributed by atoms with Crippen LogP contribution in [0.4, 0.5) is 5.69 Å². The molecular formula is C27H28N4O3S. The summed E-state index contributed by atoms with van der Waals surface area (Å²) in [6.07, 6.45) is 0.305. The molecule has 0 atom stereocenters. The van der Waals surface area contributed by atoms with Gasteiger partial charge in [-0.15, -0.1) is 0 Å². The van der Waals surface area contributed by atoms with Crippen molar-refractivity contribution in [3.63, 3.8) is 0 Å². The number of para-hydroxylation sites is 1. The highest BCUT2D eigenvalue weighted by Gasteiger charge is 2.24. The lowest BCUT2D eigenvalue weighted by molar-refractivity contribution is -0.130. The number of rotatable bonds is 7. The van der Waals surface area contributed by atoms with Crippen LogP contribution in [0.25, 0.3) is 16.9 Å². The van der Waals surface area contributed by atoms with E-state index in [1.54, 1.807) is 25.6 Å². The summed E-state index contributed by atoms with van der Waals surface area (Å²) in [6, 6.07) is 19.9. The van der Waals surface area contributed by atoms with Crippen LogP contribution in [0.5, 0.6) is 11.5 Å². The van der Waals surface area contributed by atoms with Crippen LogP contribution in [-0.4, -0.2) is 61.0 Å². The number of nitrogens with zero attached hydrogens (tertiary/aromatic N) is 4. The Morgan fingerprint density at radius 2 is 1.63 bits per heavy atom. The molecule has 0 aliphatic carbocycles. The van der Waals surface area contributed by atoms with Crippen LogP contribution in [0.3, 0.4) is 0 Å². The molecule has 0 radical (unpaired) electrons. The van der Waals surface area contributed by atoms with Gasteiger partial charge < -0.3 is 19.3 Å². The minimum absolute atomic E-state index is 0.113. The van der Waals surface area contributed by atoms with E-state index in [-0.39, 0.29) is 5.91 Å². The molecule has 3 heterocycles. The smallest absolute Gasteiger partial charge is 0.228 e. The van der Waals surface area contributed by atoms with Crippen LogP contribution >= 0.6 is 11.3 Å². The Morgan fingerprint density at radius 1 is 0.914 bits per heavy atom. The Balaban J connectivity index is 1.30. The van der Waals surface area contributed by atoms with Crippen molar-refractivity contribution >= 4 is 22.9 Å². The van der Waals surface area contributed by atoms with Gasteiger partial charge in [0.2, 0.25) is 5.91 Å². The van der Waals surface area contributed by atoms with Gasteiger partial charge in [-0.2, -0.15) is 16.4 Å². The van der Waals surface area contributed by atoms with Crippen LogP contribution in [0.15, 0.2) is 71.4 Å². The first-order valence-electron chi connectivity index (χ1n) is 11.6. The van der Waals surface area contributed by atoms with Gasteiger partial charge in [0.25, 0.3) is 0 Å². The zero-order chi connectivity index (χ0) is 24.2. The van der Waals surface area contributed by atoms with E-state index < -0.39 is 0 Å². The Kier molecular flexibility index (Phi) is 6.72. The lowest BCUT2D eigenvalue weighted by Crippen LogP contribution is -2.49. The Bertz CT molecular complexity index is 1260. The zero-order valence-electron chi connectivity index (χ0n) is 19.9. The summed E-state index contributed by atoms with van der Waals surface area (Å²) in [5.41, 5.74) is 4.84. The highest BCUT2D eigenvalue weighted by atomic mass is 32.1. The lowest BCUT2D eigenvalue weighted by atomic mass is 10.2. The van der Waals surface area contributed by atoms with Crippen LogP contribution in [0.1, 0.15) is 5.69 Å². The first-order chi connectivity index (χ1) is 17.1. The Morgan fingerprint density at radius 3 is 2.26 bits per heavy atom. The molecule has 8 heteroatoms. The van der Waals surface area contributed by atoms with Crippen molar-refractivity contribution in [2.45, 2.75) is 6.42 Å². The van der Waals surface area contributed by atoms with E-state index in [9.17, 15) is 4.79 Å². The molecule has 4 aromatic rings.